The molecule has 0 atom stereocenters. The summed E-state index contributed by atoms with van der Waals surface area (Å²) in [6.07, 6.45) is 4.35. The molecule has 3 rings (SSSR count). The molecule has 0 spiro atoms. The average Bonchev–Trinajstić information content (AvgIpc) is 2.81. The maximum atomic E-state index is 2.21. The summed E-state index contributed by atoms with van der Waals surface area (Å²) in [5.41, 5.74) is 2.54. The van der Waals surface area contributed by atoms with Crippen LogP contribution in [0, 0.1) is 0 Å². The van der Waals surface area contributed by atoms with Crippen LogP contribution in [0.2, 0.25) is 0 Å². The second-order valence-corrected chi connectivity index (χ2v) is 4.84. The van der Waals surface area contributed by atoms with Gasteiger partial charge in [0.1, 0.15) is 0 Å². The highest BCUT2D eigenvalue weighted by Gasteiger charge is 1.98. The average molecular weight is 236 g/mol. The SMILES string of the molecule is C(=C\c1csc2ccccc12)/c1ccccc1. The largest absolute Gasteiger partial charge is 0.143 e. The molecule has 17 heavy (non-hydrogen) atoms. The summed E-state index contributed by atoms with van der Waals surface area (Å²) in [6, 6.07) is 18.9. The van der Waals surface area contributed by atoms with Crippen molar-refractivity contribution in [2.75, 3.05) is 0 Å². The normalized spacial score (nSPS) is 11.3. The molecule has 0 saturated carbocycles. The molecular formula is C16H12S. The minimum Gasteiger partial charge on any atom is -0.143 e. The molecule has 0 unspecified atom stereocenters. The van der Waals surface area contributed by atoms with Crippen LogP contribution in [0.5, 0.6) is 0 Å². The highest BCUT2D eigenvalue weighted by Crippen LogP contribution is 2.26. The van der Waals surface area contributed by atoms with Gasteiger partial charge in [-0.2, -0.15) is 0 Å². The maximum absolute atomic E-state index is 2.21. The molecule has 3 aromatic rings. The first-order valence-corrected chi connectivity index (χ1v) is 6.51. The number of hydrogen-bond acceptors (Lipinski definition) is 1. The lowest BCUT2D eigenvalue weighted by Crippen LogP contribution is -1.70. The fourth-order valence-corrected chi connectivity index (χ4v) is 2.81. The van der Waals surface area contributed by atoms with Gasteiger partial charge in [0, 0.05) is 4.70 Å². The lowest BCUT2D eigenvalue weighted by molar-refractivity contribution is 1.67. The molecule has 0 aliphatic rings. The number of benzene rings is 2. The highest BCUT2D eigenvalue weighted by atomic mass is 32.1. The minimum absolute atomic E-state index is 1.24. The van der Waals surface area contributed by atoms with E-state index in [-0.39, 0.29) is 0 Å². The van der Waals surface area contributed by atoms with Crippen LogP contribution in [0.4, 0.5) is 0 Å². The molecule has 0 fully saturated rings. The predicted molar refractivity (Wildman–Crippen MR) is 77.2 cm³/mol. The molecule has 0 nitrogen and oxygen atoms in total. The van der Waals surface area contributed by atoms with Crippen molar-refractivity contribution in [3.8, 4) is 0 Å². The molecule has 0 saturated heterocycles. The van der Waals surface area contributed by atoms with Gasteiger partial charge in [0.2, 0.25) is 0 Å². The first-order chi connectivity index (χ1) is 8.43. The van der Waals surface area contributed by atoms with Crippen molar-refractivity contribution in [3.05, 3.63) is 71.1 Å². The van der Waals surface area contributed by atoms with Crippen LogP contribution in [-0.4, -0.2) is 0 Å². The van der Waals surface area contributed by atoms with E-state index in [9.17, 15) is 0 Å². The molecule has 1 aromatic heterocycles. The summed E-state index contributed by atoms with van der Waals surface area (Å²) in [7, 11) is 0. The van der Waals surface area contributed by atoms with Crippen molar-refractivity contribution in [1.29, 1.82) is 0 Å². The lowest BCUT2D eigenvalue weighted by atomic mass is 10.1. The van der Waals surface area contributed by atoms with E-state index in [0.29, 0.717) is 0 Å². The van der Waals surface area contributed by atoms with Gasteiger partial charge >= 0.3 is 0 Å². The van der Waals surface area contributed by atoms with E-state index in [2.05, 4.69) is 66.1 Å². The van der Waals surface area contributed by atoms with Crippen molar-refractivity contribution in [2.24, 2.45) is 0 Å². The first kappa shape index (κ1) is 10.3. The van der Waals surface area contributed by atoms with E-state index in [1.54, 1.807) is 11.3 Å². The Morgan fingerprint density at radius 3 is 2.41 bits per heavy atom. The Kier molecular flexibility index (Phi) is 2.76. The molecule has 0 bridgehead atoms. The Balaban J connectivity index is 1.98. The number of hydrogen-bond donors (Lipinski definition) is 0. The van der Waals surface area contributed by atoms with Crippen molar-refractivity contribution in [2.45, 2.75) is 0 Å². The van der Waals surface area contributed by atoms with Gasteiger partial charge in [-0.1, -0.05) is 60.7 Å². The van der Waals surface area contributed by atoms with E-state index in [1.807, 2.05) is 6.07 Å². The summed E-state index contributed by atoms with van der Waals surface area (Å²) in [5, 5.41) is 3.55. The number of fused-ring (bicyclic) bond motifs is 1. The Morgan fingerprint density at radius 1 is 0.765 bits per heavy atom. The predicted octanol–water partition coefficient (Wildman–Crippen LogP) is 5.07. The summed E-state index contributed by atoms with van der Waals surface area (Å²) in [6.45, 7) is 0. The van der Waals surface area contributed by atoms with Gasteiger partial charge in [-0.05, 0) is 28.0 Å². The van der Waals surface area contributed by atoms with Crippen molar-refractivity contribution in [3.63, 3.8) is 0 Å². The van der Waals surface area contributed by atoms with E-state index in [4.69, 9.17) is 0 Å². The summed E-state index contributed by atoms with van der Waals surface area (Å²) >= 11 is 1.80. The van der Waals surface area contributed by atoms with Gasteiger partial charge in [0.25, 0.3) is 0 Å². The van der Waals surface area contributed by atoms with Crippen LogP contribution in [0.1, 0.15) is 11.1 Å². The Morgan fingerprint density at radius 2 is 1.53 bits per heavy atom. The number of thiophene rings is 1. The third-order valence-corrected chi connectivity index (χ3v) is 3.75. The first-order valence-electron chi connectivity index (χ1n) is 5.63. The second kappa shape index (κ2) is 4.56. The maximum Gasteiger partial charge on any atom is 0.0348 e. The Bertz CT molecular complexity index is 647. The van der Waals surface area contributed by atoms with E-state index in [0.717, 1.165) is 0 Å². The highest BCUT2D eigenvalue weighted by molar-refractivity contribution is 7.17. The minimum atomic E-state index is 1.24. The van der Waals surface area contributed by atoms with E-state index in [1.165, 1.54) is 21.2 Å². The number of rotatable bonds is 2. The van der Waals surface area contributed by atoms with Gasteiger partial charge in [0.05, 0.1) is 0 Å². The monoisotopic (exact) mass is 236 g/mol. The molecule has 2 aromatic carbocycles. The fraction of sp³-hybridized carbons (Fsp3) is 0. The van der Waals surface area contributed by atoms with Crippen LogP contribution in [-0.2, 0) is 0 Å². The third kappa shape index (κ3) is 2.15. The van der Waals surface area contributed by atoms with Crippen LogP contribution in [0.15, 0.2) is 60.0 Å². The van der Waals surface area contributed by atoms with Gasteiger partial charge in [-0.15, -0.1) is 11.3 Å². The fourth-order valence-electron chi connectivity index (χ4n) is 1.88. The summed E-state index contributed by atoms with van der Waals surface area (Å²) in [5.74, 6) is 0. The topological polar surface area (TPSA) is 0 Å². The zero-order valence-electron chi connectivity index (χ0n) is 9.34. The van der Waals surface area contributed by atoms with Crippen LogP contribution >= 0.6 is 11.3 Å². The van der Waals surface area contributed by atoms with Gasteiger partial charge < -0.3 is 0 Å². The van der Waals surface area contributed by atoms with Crippen LogP contribution in [0.25, 0.3) is 22.2 Å². The molecule has 1 heterocycles. The molecule has 0 amide bonds. The van der Waals surface area contributed by atoms with Gasteiger partial charge in [-0.3, -0.25) is 0 Å². The standard InChI is InChI=1S/C16H12S/c1-2-6-13(7-3-1)10-11-14-12-17-16-9-5-4-8-15(14)16/h1-12H/b11-10+. The lowest BCUT2D eigenvalue weighted by Gasteiger charge is -1.92. The molecule has 0 aliphatic heterocycles. The smallest absolute Gasteiger partial charge is 0.0348 e. The van der Waals surface area contributed by atoms with Crippen LogP contribution in [0.3, 0.4) is 0 Å². The summed E-state index contributed by atoms with van der Waals surface area (Å²) in [4.78, 5) is 0. The Hall–Kier alpha value is -1.86. The molecular weight excluding hydrogens is 224 g/mol. The van der Waals surface area contributed by atoms with Crippen LogP contribution < -0.4 is 0 Å². The van der Waals surface area contributed by atoms with Crippen molar-refractivity contribution < 1.29 is 0 Å². The Labute approximate surface area is 105 Å². The summed E-state index contributed by atoms with van der Waals surface area (Å²) < 4.78 is 1.35. The quantitative estimate of drug-likeness (QED) is 0.582. The van der Waals surface area contributed by atoms with Crippen molar-refractivity contribution in [1.82, 2.24) is 0 Å². The van der Waals surface area contributed by atoms with Crippen molar-refractivity contribution >= 4 is 33.6 Å². The van der Waals surface area contributed by atoms with E-state index < -0.39 is 0 Å². The van der Waals surface area contributed by atoms with E-state index >= 15 is 0 Å². The zero-order chi connectivity index (χ0) is 11.5. The zero-order valence-corrected chi connectivity index (χ0v) is 10.2. The molecule has 0 aliphatic carbocycles. The van der Waals surface area contributed by atoms with Gasteiger partial charge in [0.15, 0.2) is 0 Å². The molecule has 0 N–H and O–H groups in total. The second-order valence-electron chi connectivity index (χ2n) is 3.93. The van der Waals surface area contributed by atoms with Gasteiger partial charge in [-0.25, -0.2) is 0 Å². The molecule has 0 radical (unpaired) electrons. The molecule has 82 valence electrons. The molecule has 1 heteroatoms. The third-order valence-electron chi connectivity index (χ3n) is 2.77.